The summed E-state index contributed by atoms with van der Waals surface area (Å²) in [7, 11) is 0. The summed E-state index contributed by atoms with van der Waals surface area (Å²) in [5.74, 6) is 0. The number of thiophene rings is 1. The minimum Gasteiger partial charge on any atom is -0.304 e. The van der Waals surface area contributed by atoms with Crippen LogP contribution in [0.4, 0.5) is 0 Å². The van der Waals surface area contributed by atoms with Crippen molar-refractivity contribution in [1.29, 1.82) is 0 Å². The van der Waals surface area contributed by atoms with E-state index in [-0.39, 0.29) is 12.1 Å². The first-order valence-corrected chi connectivity index (χ1v) is 7.45. The van der Waals surface area contributed by atoms with Crippen molar-refractivity contribution in [1.82, 2.24) is 5.32 Å². The molecule has 1 aromatic carbocycles. The van der Waals surface area contributed by atoms with Gasteiger partial charge in [0.1, 0.15) is 0 Å². The van der Waals surface area contributed by atoms with Gasteiger partial charge in [-0.2, -0.15) is 0 Å². The molecule has 0 bridgehead atoms. The van der Waals surface area contributed by atoms with Crippen molar-refractivity contribution in [3.63, 3.8) is 0 Å². The molecule has 0 radical (unpaired) electrons. The molecule has 0 spiro atoms. The van der Waals surface area contributed by atoms with Crippen LogP contribution < -0.4 is 5.32 Å². The Hall–Kier alpha value is -0.540. The van der Waals surface area contributed by atoms with Crippen molar-refractivity contribution in [3.05, 3.63) is 56.2 Å². The van der Waals surface area contributed by atoms with E-state index >= 15 is 0 Å². The van der Waals surface area contributed by atoms with Gasteiger partial charge in [0.25, 0.3) is 0 Å². The van der Waals surface area contributed by atoms with E-state index < -0.39 is 0 Å². The number of hydrogen-bond donors (Lipinski definition) is 1. The van der Waals surface area contributed by atoms with Gasteiger partial charge in [-0.25, -0.2) is 0 Å². The maximum absolute atomic E-state index is 6.00. The molecule has 2 atom stereocenters. The lowest BCUT2D eigenvalue weighted by Crippen LogP contribution is -2.22. The van der Waals surface area contributed by atoms with Crippen LogP contribution in [-0.2, 0) is 0 Å². The summed E-state index contributed by atoms with van der Waals surface area (Å²) in [5.41, 5.74) is 2.41. The Kier molecular flexibility index (Phi) is 4.68. The third kappa shape index (κ3) is 3.48. The highest BCUT2D eigenvalue weighted by atomic mass is 35.5. The van der Waals surface area contributed by atoms with Gasteiger partial charge in [-0.3, -0.25) is 0 Å². The molecule has 0 aliphatic carbocycles. The molecule has 18 heavy (non-hydrogen) atoms. The monoisotopic (exact) mass is 299 g/mol. The van der Waals surface area contributed by atoms with Crippen LogP contribution in [-0.4, -0.2) is 0 Å². The smallest absolute Gasteiger partial charge is 0.0931 e. The lowest BCUT2D eigenvalue weighted by Gasteiger charge is -2.20. The first-order valence-electron chi connectivity index (χ1n) is 5.81. The Bertz CT molecular complexity index is 524. The molecule has 0 aliphatic heterocycles. The van der Waals surface area contributed by atoms with Gasteiger partial charge in [0.2, 0.25) is 0 Å². The summed E-state index contributed by atoms with van der Waals surface area (Å²) >= 11 is 13.5. The number of hydrogen-bond acceptors (Lipinski definition) is 2. The molecule has 1 N–H and O–H groups in total. The molecule has 2 unspecified atom stereocenters. The predicted octanol–water partition coefficient (Wildman–Crippen LogP) is 5.47. The maximum Gasteiger partial charge on any atom is 0.0931 e. The first-order chi connectivity index (χ1) is 8.56. The van der Waals surface area contributed by atoms with Crippen LogP contribution >= 0.6 is 34.5 Å². The zero-order chi connectivity index (χ0) is 13.1. The molecule has 1 heterocycles. The Labute approximate surface area is 122 Å². The van der Waals surface area contributed by atoms with E-state index in [1.807, 2.05) is 24.3 Å². The van der Waals surface area contributed by atoms with E-state index in [9.17, 15) is 0 Å². The lowest BCUT2D eigenvalue weighted by molar-refractivity contribution is 0.495. The lowest BCUT2D eigenvalue weighted by atomic mass is 10.1. The predicted molar refractivity (Wildman–Crippen MR) is 80.7 cm³/mol. The summed E-state index contributed by atoms with van der Waals surface area (Å²) in [5, 5.41) is 6.40. The fourth-order valence-electron chi connectivity index (χ4n) is 1.89. The number of halogens is 2. The second-order valence-corrected chi connectivity index (χ2v) is 6.33. The van der Waals surface area contributed by atoms with Gasteiger partial charge in [0, 0.05) is 17.1 Å². The van der Waals surface area contributed by atoms with Gasteiger partial charge >= 0.3 is 0 Å². The highest BCUT2D eigenvalue weighted by Crippen LogP contribution is 2.27. The highest BCUT2D eigenvalue weighted by Gasteiger charge is 2.12. The third-order valence-corrected chi connectivity index (χ3v) is 4.28. The molecule has 0 fully saturated rings. The fraction of sp³-hybridized carbons (Fsp3) is 0.286. The second kappa shape index (κ2) is 6.07. The van der Waals surface area contributed by atoms with E-state index in [4.69, 9.17) is 23.2 Å². The van der Waals surface area contributed by atoms with Crippen LogP contribution in [0.2, 0.25) is 9.36 Å². The van der Waals surface area contributed by atoms with Crippen molar-refractivity contribution >= 4 is 34.5 Å². The van der Waals surface area contributed by atoms with Gasteiger partial charge in [-0.05, 0) is 48.6 Å². The van der Waals surface area contributed by atoms with Crippen LogP contribution in [0.1, 0.15) is 37.1 Å². The molecule has 0 aliphatic rings. The molecule has 2 rings (SSSR count). The average Bonchev–Trinajstić information content (AvgIpc) is 2.76. The number of benzene rings is 1. The maximum atomic E-state index is 6.00. The zero-order valence-electron chi connectivity index (χ0n) is 10.3. The highest BCUT2D eigenvalue weighted by molar-refractivity contribution is 7.14. The van der Waals surface area contributed by atoms with E-state index in [1.54, 1.807) is 11.3 Å². The van der Waals surface area contributed by atoms with E-state index in [2.05, 4.69) is 30.6 Å². The third-order valence-electron chi connectivity index (χ3n) is 2.94. The van der Waals surface area contributed by atoms with Crippen LogP contribution in [0.3, 0.4) is 0 Å². The largest absolute Gasteiger partial charge is 0.304 e. The molecule has 0 saturated carbocycles. The minimum atomic E-state index is 0.248. The molecular weight excluding hydrogens is 285 g/mol. The van der Waals surface area contributed by atoms with Gasteiger partial charge in [-0.1, -0.05) is 35.3 Å². The molecule has 2 aromatic rings. The quantitative estimate of drug-likeness (QED) is 0.789. The zero-order valence-corrected chi connectivity index (χ0v) is 12.6. The molecule has 0 amide bonds. The summed E-state index contributed by atoms with van der Waals surface area (Å²) in [6.45, 7) is 4.27. The van der Waals surface area contributed by atoms with E-state index in [0.29, 0.717) is 0 Å². The average molecular weight is 300 g/mol. The molecule has 1 aromatic heterocycles. The van der Waals surface area contributed by atoms with Crippen LogP contribution in [0.5, 0.6) is 0 Å². The van der Waals surface area contributed by atoms with Crippen molar-refractivity contribution in [3.8, 4) is 0 Å². The van der Waals surface area contributed by atoms with Gasteiger partial charge in [0.15, 0.2) is 0 Å². The fourth-order valence-corrected chi connectivity index (χ4v) is 3.08. The van der Waals surface area contributed by atoms with Crippen LogP contribution in [0.15, 0.2) is 35.7 Å². The van der Waals surface area contributed by atoms with Crippen LogP contribution in [0.25, 0.3) is 0 Å². The molecular formula is C14H15Cl2NS. The molecule has 4 heteroatoms. The first kappa shape index (κ1) is 13.9. The minimum absolute atomic E-state index is 0.248. The number of rotatable bonds is 4. The van der Waals surface area contributed by atoms with E-state index in [0.717, 1.165) is 9.36 Å². The molecule has 96 valence electrons. The summed E-state index contributed by atoms with van der Waals surface area (Å²) < 4.78 is 0.828. The summed E-state index contributed by atoms with van der Waals surface area (Å²) in [6.07, 6.45) is 0. The van der Waals surface area contributed by atoms with Crippen molar-refractivity contribution in [2.75, 3.05) is 0 Å². The summed E-state index contributed by atoms with van der Waals surface area (Å²) in [6, 6.07) is 10.5. The Morgan fingerprint density at radius 3 is 2.39 bits per heavy atom. The van der Waals surface area contributed by atoms with Crippen molar-refractivity contribution < 1.29 is 0 Å². The Morgan fingerprint density at radius 2 is 1.78 bits per heavy atom. The van der Waals surface area contributed by atoms with Gasteiger partial charge < -0.3 is 5.32 Å². The Balaban J connectivity index is 2.05. The topological polar surface area (TPSA) is 12.0 Å². The second-order valence-electron chi connectivity index (χ2n) is 4.35. The van der Waals surface area contributed by atoms with E-state index in [1.165, 1.54) is 11.1 Å². The van der Waals surface area contributed by atoms with Gasteiger partial charge in [0.05, 0.1) is 4.34 Å². The van der Waals surface area contributed by atoms with Crippen molar-refractivity contribution in [2.45, 2.75) is 25.9 Å². The molecule has 0 saturated heterocycles. The van der Waals surface area contributed by atoms with Crippen LogP contribution in [0, 0.1) is 0 Å². The molecule has 1 nitrogen and oxygen atoms in total. The normalized spacial score (nSPS) is 14.4. The van der Waals surface area contributed by atoms with Crippen molar-refractivity contribution in [2.24, 2.45) is 0 Å². The Morgan fingerprint density at radius 1 is 1.06 bits per heavy atom. The SMILES string of the molecule is CC(NC(C)c1csc(Cl)c1)c1cccc(Cl)c1. The van der Waals surface area contributed by atoms with Gasteiger partial charge in [-0.15, -0.1) is 11.3 Å². The standard InChI is InChI=1S/C14H15Cl2NS/c1-9(11-4-3-5-13(15)6-11)17-10(2)12-7-14(16)18-8-12/h3-10,17H,1-2H3. The summed E-state index contributed by atoms with van der Waals surface area (Å²) in [4.78, 5) is 0. The number of nitrogens with one attached hydrogen (secondary N) is 1.